The average molecular weight is 281 g/mol. The zero-order valence-corrected chi connectivity index (χ0v) is 9.91. The van der Waals surface area contributed by atoms with Crippen LogP contribution in [0.3, 0.4) is 0 Å². The molecule has 0 amide bonds. The lowest BCUT2D eigenvalue weighted by molar-refractivity contribution is 0.0217. The number of nitrogens with one attached hydrogen (secondary N) is 1. The normalized spacial score (nSPS) is 19.7. The Kier molecular flexibility index (Phi) is 4.36. The number of ether oxygens (including phenoxy) is 1. The van der Waals surface area contributed by atoms with Gasteiger partial charge in [0.2, 0.25) is 5.82 Å². The number of piperidine rings is 1. The van der Waals surface area contributed by atoms with Crippen LogP contribution in [-0.4, -0.2) is 19.2 Å². The van der Waals surface area contributed by atoms with Gasteiger partial charge in [-0.05, 0) is 19.4 Å². The van der Waals surface area contributed by atoms with E-state index in [0.717, 1.165) is 13.0 Å². The molecule has 1 atom stereocenters. The lowest BCUT2D eigenvalue weighted by Gasteiger charge is -2.23. The third-order valence-electron chi connectivity index (χ3n) is 3.02. The highest BCUT2D eigenvalue weighted by Gasteiger charge is 2.26. The summed E-state index contributed by atoms with van der Waals surface area (Å²) in [6, 6.07) is 0. The standard InChI is InChI=1S/C12H12F5NO/c13-8-7(5-19-6-2-1-3-18-4-6)9(14)11(16)12(17)10(8)15/h6,18H,1-5H2. The zero-order valence-electron chi connectivity index (χ0n) is 9.91. The molecule has 2 rings (SSSR count). The van der Waals surface area contributed by atoms with Gasteiger partial charge < -0.3 is 10.1 Å². The first-order valence-electron chi connectivity index (χ1n) is 5.85. The molecule has 1 fully saturated rings. The molecule has 1 N–H and O–H groups in total. The van der Waals surface area contributed by atoms with Crippen LogP contribution in [0.1, 0.15) is 18.4 Å². The molecule has 2 nitrogen and oxygen atoms in total. The van der Waals surface area contributed by atoms with E-state index in [9.17, 15) is 22.0 Å². The van der Waals surface area contributed by atoms with Crippen LogP contribution in [0.25, 0.3) is 0 Å². The third kappa shape index (κ3) is 2.87. The summed E-state index contributed by atoms with van der Waals surface area (Å²) < 4.78 is 70.6. The predicted octanol–water partition coefficient (Wildman–Crippen LogP) is 2.65. The van der Waals surface area contributed by atoms with Crippen molar-refractivity contribution in [1.29, 1.82) is 0 Å². The molecule has 1 aromatic rings. The third-order valence-corrected chi connectivity index (χ3v) is 3.02. The Morgan fingerprint density at radius 1 is 0.947 bits per heavy atom. The maximum Gasteiger partial charge on any atom is 0.200 e. The summed E-state index contributed by atoms with van der Waals surface area (Å²) in [5.74, 6) is -9.71. The van der Waals surface area contributed by atoms with Gasteiger partial charge in [-0.3, -0.25) is 0 Å². The van der Waals surface area contributed by atoms with Crippen LogP contribution < -0.4 is 5.32 Å². The minimum Gasteiger partial charge on any atom is -0.372 e. The van der Waals surface area contributed by atoms with Crippen molar-refractivity contribution in [3.05, 3.63) is 34.6 Å². The van der Waals surface area contributed by atoms with Gasteiger partial charge in [-0.2, -0.15) is 0 Å². The van der Waals surface area contributed by atoms with Crippen LogP contribution in [0.4, 0.5) is 22.0 Å². The molecule has 1 unspecified atom stereocenters. The van der Waals surface area contributed by atoms with E-state index >= 15 is 0 Å². The van der Waals surface area contributed by atoms with Crippen LogP contribution >= 0.6 is 0 Å². The number of rotatable bonds is 3. The van der Waals surface area contributed by atoms with E-state index in [2.05, 4.69) is 5.32 Å². The van der Waals surface area contributed by atoms with Crippen LogP contribution in [0.5, 0.6) is 0 Å². The molecular formula is C12H12F5NO. The molecule has 0 saturated carbocycles. The Balaban J connectivity index is 2.15. The average Bonchev–Trinajstić information content (AvgIpc) is 2.44. The molecule has 1 saturated heterocycles. The Morgan fingerprint density at radius 3 is 2.05 bits per heavy atom. The second-order valence-electron chi connectivity index (χ2n) is 4.33. The van der Waals surface area contributed by atoms with Gasteiger partial charge >= 0.3 is 0 Å². The molecule has 19 heavy (non-hydrogen) atoms. The fraction of sp³-hybridized carbons (Fsp3) is 0.500. The van der Waals surface area contributed by atoms with Crippen molar-refractivity contribution in [2.45, 2.75) is 25.6 Å². The van der Waals surface area contributed by atoms with Gasteiger partial charge in [-0.25, -0.2) is 22.0 Å². The van der Waals surface area contributed by atoms with E-state index in [4.69, 9.17) is 4.74 Å². The van der Waals surface area contributed by atoms with E-state index in [1.54, 1.807) is 0 Å². The van der Waals surface area contributed by atoms with Crippen molar-refractivity contribution in [2.24, 2.45) is 0 Å². The molecule has 0 spiro atoms. The molecule has 1 heterocycles. The highest BCUT2D eigenvalue weighted by Crippen LogP contribution is 2.24. The van der Waals surface area contributed by atoms with Gasteiger partial charge in [0.25, 0.3) is 0 Å². The molecule has 1 aromatic carbocycles. The minimum atomic E-state index is -2.15. The molecule has 0 aliphatic carbocycles. The maximum atomic E-state index is 13.3. The van der Waals surface area contributed by atoms with E-state index in [-0.39, 0.29) is 6.10 Å². The number of halogens is 5. The summed E-state index contributed by atoms with van der Waals surface area (Å²) in [7, 11) is 0. The molecule has 1 aliphatic rings. The molecular weight excluding hydrogens is 269 g/mol. The fourth-order valence-electron chi connectivity index (χ4n) is 1.94. The summed E-state index contributed by atoms with van der Waals surface area (Å²) in [4.78, 5) is 0. The molecule has 1 aliphatic heterocycles. The molecule has 7 heteroatoms. The second kappa shape index (κ2) is 5.83. The van der Waals surface area contributed by atoms with Gasteiger partial charge in [-0.1, -0.05) is 0 Å². The first-order chi connectivity index (χ1) is 9.02. The van der Waals surface area contributed by atoms with E-state index in [1.807, 2.05) is 0 Å². The minimum absolute atomic E-state index is 0.288. The van der Waals surface area contributed by atoms with Gasteiger partial charge in [0.05, 0.1) is 18.3 Å². The highest BCUT2D eigenvalue weighted by atomic mass is 19.2. The summed E-state index contributed by atoms with van der Waals surface area (Å²) in [6.45, 7) is 0.677. The van der Waals surface area contributed by atoms with Crippen molar-refractivity contribution in [2.75, 3.05) is 13.1 Å². The first kappa shape index (κ1) is 14.2. The summed E-state index contributed by atoms with van der Waals surface area (Å²) in [5.41, 5.74) is -0.929. The maximum absolute atomic E-state index is 13.3. The van der Waals surface area contributed by atoms with Crippen LogP contribution in [0.2, 0.25) is 0 Å². The van der Waals surface area contributed by atoms with Crippen LogP contribution in [-0.2, 0) is 11.3 Å². The monoisotopic (exact) mass is 281 g/mol. The van der Waals surface area contributed by atoms with Crippen molar-refractivity contribution >= 4 is 0 Å². The van der Waals surface area contributed by atoms with Gasteiger partial charge in [0, 0.05) is 6.54 Å². The SMILES string of the molecule is Fc1c(F)c(F)c(COC2CCCNC2)c(F)c1F. The van der Waals surface area contributed by atoms with E-state index in [1.165, 1.54) is 0 Å². The first-order valence-corrected chi connectivity index (χ1v) is 5.85. The highest BCUT2D eigenvalue weighted by molar-refractivity contribution is 5.23. The predicted molar refractivity (Wildman–Crippen MR) is 56.9 cm³/mol. The largest absolute Gasteiger partial charge is 0.372 e. The van der Waals surface area contributed by atoms with E-state index in [0.29, 0.717) is 13.0 Å². The lowest BCUT2D eigenvalue weighted by atomic mass is 10.1. The molecule has 106 valence electrons. The Labute approximate surface area is 106 Å². The van der Waals surface area contributed by atoms with Crippen molar-refractivity contribution in [1.82, 2.24) is 5.32 Å². The van der Waals surface area contributed by atoms with Crippen molar-refractivity contribution in [3.8, 4) is 0 Å². The van der Waals surface area contributed by atoms with E-state index < -0.39 is 41.3 Å². The van der Waals surface area contributed by atoms with Crippen LogP contribution in [0.15, 0.2) is 0 Å². The quantitative estimate of drug-likeness (QED) is 0.522. The Morgan fingerprint density at radius 2 is 1.53 bits per heavy atom. The molecule has 0 aromatic heterocycles. The van der Waals surface area contributed by atoms with Crippen LogP contribution in [0, 0.1) is 29.1 Å². The Bertz CT molecular complexity index is 445. The molecule has 0 bridgehead atoms. The zero-order chi connectivity index (χ0) is 14.0. The van der Waals surface area contributed by atoms with Gasteiger partial charge in [-0.15, -0.1) is 0 Å². The number of benzene rings is 1. The van der Waals surface area contributed by atoms with Crippen molar-refractivity contribution < 1.29 is 26.7 Å². The smallest absolute Gasteiger partial charge is 0.200 e. The second-order valence-corrected chi connectivity index (χ2v) is 4.33. The lowest BCUT2D eigenvalue weighted by Crippen LogP contribution is -2.35. The number of hydrogen-bond donors (Lipinski definition) is 1. The fourth-order valence-corrected chi connectivity index (χ4v) is 1.94. The molecule has 0 radical (unpaired) electrons. The summed E-state index contributed by atoms with van der Waals surface area (Å²) in [6.07, 6.45) is 1.23. The Hall–Kier alpha value is -1.21. The number of hydrogen-bond acceptors (Lipinski definition) is 2. The summed E-state index contributed by atoms with van der Waals surface area (Å²) in [5, 5.41) is 3.01. The topological polar surface area (TPSA) is 21.3 Å². The van der Waals surface area contributed by atoms with Gasteiger partial charge in [0.1, 0.15) is 0 Å². The van der Waals surface area contributed by atoms with Gasteiger partial charge in [0.15, 0.2) is 23.3 Å². The van der Waals surface area contributed by atoms with Crippen molar-refractivity contribution in [3.63, 3.8) is 0 Å². The summed E-state index contributed by atoms with van der Waals surface area (Å²) >= 11 is 0.